The van der Waals surface area contributed by atoms with Crippen molar-refractivity contribution in [2.24, 2.45) is 0 Å². The van der Waals surface area contributed by atoms with E-state index in [0.717, 1.165) is 16.3 Å². The third kappa shape index (κ3) is 3.80. The van der Waals surface area contributed by atoms with E-state index in [0.29, 0.717) is 16.3 Å². The van der Waals surface area contributed by atoms with Crippen LogP contribution in [0.25, 0.3) is 10.7 Å². The van der Waals surface area contributed by atoms with Gasteiger partial charge < -0.3 is 4.74 Å². The maximum Gasteiger partial charge on any atom is 0.306 e. The molecule has 5 nitrogen and oxygen atoms in total. The average molecular weight is 319 g/mol. The maximum atomic E-state index is 11.1. The second kappa shape index (κ2) is 7.20. The molecule has 0 saturated heterocycles. The molecule has 0 radical (unpaired) electrons. The van der Waals surface area contributed by atoms with E-state index in [1.807, 2.05) is 18.4 Å². The number of hydrogen-bond donors (Lipinski definition) is 0. The second-order valence-corrected chi connectivity index (χ2v) is 6.11. The minimum absolute atomic E-state index is 0.270. The Morgan fingerprint density at radius 3 is 3.00 bits per heavy atom. The van der Waals surface area contributed by atoms with E-state index < -0.39 is 0 Å². The van der Waals surface area contributed by atoms with Crippen LogP contribution in [0.15, 0.2) is 22.7 Å². The summed E-state index contributed by atoms with van der Waals surface area (Å²) in [4.78, 5) is 19.9. The number of aromatic nitrogens is 2. The number of rotatable bonds is 5. The third-order valence-corrected chi connectivity index (χ3v) is 4.49. The molecule has 2 heterocycles. The lowest BCUT2D eigenvalue weighted by Gasteiger charge is -2.07. The molecule has 2 aromatic heterocycles. The molecule has 7 heteroatoms. The van der Waals surface area contributed by atoms with E-state index in [1.165, 1.54) is 30.2 Å². The van der Waals surface area contributed by atoms with Gasteiger partial charge in [0.2, 0.25) is 0 Å². The number of thioether (sulfide) groups is 1. The number of aryl methyl sites for hydroxylation is 1. The van der Waals surface area contributed by atoms with E-state index in [4.69, 9.17) is 0 Å². The first kappa shape index (κ1) is 15.5. The number of nitrogens with zero attached hydrogens (tertiary/aromatic N) is 3. The number of pyridine rings is 1. The SMILES string of the molecule is COC(=O)CCSc1nc(-c2nccs2)cc(C)c1C#N. The molecule has 2 aromatic rings. The summed E-state index contributed by atoms with van der Waals surface area (Å²) in [7, 11) is 1.36. The standard InChI is InChI=1S/C14H13N3O2S2/c1-9-7-11(14-16-4-6-21-14)17-13(10(9)8-15)20-5-3-12(18)19-2/h4,6-7H,3,5H2,1-2H3. The highest BCUT2D eigenvalue weighted by molar-refractivity contribution is 7.99. The Kier molecular flexibility index (Phi) is 5.31. The molecule has 0 aromatic carbocycles. The van der Waals surface area contributed by atoms with Crippen molar-refractivity contribution in [1.82, 2.24) is 9.97 Å². The Balaban J connectivity index is 2.26. The van der Waals surface area contributed by atoms with Crippen LogP contribution in [0.1, 0.15) is 17.5 Å². The zero-order valence-corrected chi connectivity index (χ0v) is 13.3. The number of ether oxygens (including phenoxy) is 1. The van der Waals surface area contributed by atoms with Gasteiger partial charge in [0, 0.05) is 17.3 Å². The van der Waals surface area contributed by atoms with Gasteiger partial charge in [-0.15, -0.1) is 23.1 Å². The summed E-state index contributed by atoms with van der Waals surface area (Å²) >= 11 is 2.88. The molecule has 0 unspecified atom stereocenters. The summed E-state index contributed by atoms with van der Waals surface area (Å²) in [6.07, 6.45) is 2.01. The summed E-state index contributed by atoms with van der Waals surface area (Å²) in [6.45, 7) is 1.88. The molecule has 0 N–H and O–H groups in total. The number of esters is 1. The molecule has 0 aliphatic rings. The largest absolute Gasteiger partial charge is 0.469 e. The van der Waals surface area contributed by atoms with Gasteiger partial charge in [0.25, 0.3) is 0 Å². The van der Waals surface area contributed by atoms with Crippen LogP contribution < -0.4 is 0 Å². The number of hydrogen-bond acceptors (Lipinski definition) is 7. The highest BCUT2D eigenvalue weighted by atomic mass is 32.2. The summed E-state index contributed by atoms with van der Waals surface area (Å²) in [6, 6.07) is 4.03. The van der Waals surface area contributed by atoms with E-state index in [-0.39, 0.29) is 12.4 Å². The van der Waals surface area contributed by atoms with Gasteiger partial charge in [-0.25, -0.2) is 9.97 Å². The summed E-state index contributed by atoms with van der Waals surface area (Å²) < 4.78 is 4.61. The molecule has 2 rings (SSSR count). The van der Waals surface area contributed by atoms with Gasteiger partial charge in [-0.1, -0.05) is 0 Å². The first-order chi connectivity index (χ1) is 10.2. The van der Waals surface area contributed by atoms with Crippen molar-refractivity contribution in [3.8, 4) is 16.8 Å². The molecule has 21 heavy (non-hydrogen) atoms. The molecular formula is C14H13N3O2S2. The Morgan fingerprint density at radius 1 is 1.57 bits per heavy atom. The van der Waals surface area contributed by atoms with Crippen LogP contribution in [-0.2, 0) is 9.53 Å². The zero-order valence-electron chi connectivity index (χ0n) is 11.6. The average Bonchev–Trinajstić information content (AvgIpc) is 3.01. The molecule has 0 atom stereocenters. The van der Waals surface area contributed by atoms with Crippen molar-refractivity contribution in [1.29, 1.82) is 5.26 Å². The smallest absolute Gasteiger partial charge is 0.306 e. The van der Waals surface area contributed by atoms with Gasteiger partial charge in [-0.05, 0) is 18.6 Å². The van der Waals surface area contributed by atoms with Gasteiger partial charge in [0.1, 0.15) is 21.8 Å². The number of carbonyl (C=O) groups excluding carboxylic acids is 1. The summed E-state index contributed by atoms with van der Waals surface area (Å²) in [5, 5.41) is 12.6. The van der Waals surface area contributed by atoms with E-state index >= 15 is 0 Å². The monoisotopic (exact) mass is 319 g/mol. The van der Waals surface area contributed by atoms with Crippen LogP contribution in [0, 0.1) is 18.3 Å². The van der Waals surface area contributed by atoms with Crippen molar-refractivity contribution in [2.75, 3.05) is 12.9 Å². The Bertz CT molecular complexity index is 678. The van der Waals surface area contributed by atoms with Crippen LogP contribution in [-0.4, -0.2) is 28.8 Å². The van der Waals surface area contributed by atoms with Crippen LogP contribution >= 0.6 is 23.1 Å². The first-order valence-corrected chi connectivity index (χ1v) is 8.03. The number of methoxy groups -OCH3 is 1. The molecule has 0 fully saturated rings. The Morgan fingerprint density at radius 2 is 2.38 bits per heavy atom. The molecule has 0 aliphatic heterocycles. The fourth-order valence-corrected chi connectivity index (χ4v) is 3.25. The fourth-order valence-electron chi connectivity index (χ4n) is 1.68. The lowest BCUT2D eigenvalue weighted by Crippen LogP contribution is -2.02. The normalized spacial score (nSPS) is 10.1. The summed E-state index contributed by atoms with van der Waals surface area (Å²) in [5.41, 5.74) is 2.16. The number of thiazole rings is 1. The number of carbonyl (C=O) groups is 1. The molecule has 0 amide bonds. The highest BCUT2D eigenvalue weighted by Gasteiger charge is 2.13. The van der Waals surface area contributed by atoms with Crippen molar-refractivity contribution in [2.45, 2.75) is 18.4 Å². The van der Waals surface area contributed by atoms with Gasteiger partial charge in [-0.3, -0.25) is 4.79 Å². The van der Waals surface area contributed by atoms with Gasteiger partial charge in [0.15, 0.2) is 0 Å². The quantitative estimate of drug-likeness (QED) is 0.623. The fraction of sp³-hybridized carbons (Fsp3) is 0.286. The predicted molar refractivity (Wildman–Crippen MR) is 82.2 cm³/mol. The van der Waals surface area contributed by atoms with Crippen molar-refractivity contribution in [3.05, 3.63) is 28.8 Å². The van der Waals surface area contributed by atoms with Crippen LogP contribution in [0.4, 0.5) is 0 Å². The van der Waals surface area contributed by atoms with E-state index in [9.17, 15) is 10.1 Å². The van der Waals surface area contributed by atoms with E-state index in [2.05, 4.69) is 20.8 Å². The van der Waals surface area contributed by atoms with Gasteiger partial charge in [-0.2, -0.15) is 5.26 Å². The van der Waals surface area contributed by atoms with E-state index in [1.54, 1.807) is 6.20 Å². The van der Waals surface area contributed by atoms with Crippen molar-refractivity contribution < 1.29 is 9.53 Å². The Hall–Kier alpha value is -1.91. The van der Waals surface area contributed by atoms with Crippen LogP contribution in [0.2, 0.25) is 0 Å². The second-order valence-electron chi connectivity index (χ2n) is 4.13. The minimum Gasteiger partial charge on any atom is -0.469 e. The highest BCUT2D eigenvalue weighted by Crippen LogP contribution is 2.29. The lowest BCUT2D eigenvalue weighted by molar-refractivity contribution is -0.140. The predicted octanol–water partition coefficient (Wildman–Crippen LogP) is 3.04. The molecule has 108 valence electrons. The lowest BCUT2D eigenvalue weighted by atomic mass is 10.1. The third-order valence-electron chi connectivity index (χ3n) is 2.72. The molecule has 0 saturated carbocycles. The van der Waals surface area contributed by atoms with Gasteiger partial charge >= 0.3 is 5.97 Å². The first-order valence-electron chi connectivity index (χ1n) is 6.17. The minimum atomic E-state index is -0.270. The number of nitriles is 1. The Labute approximate surface area is 131 Å². The van der Waals surface area contributed by atoms with Crippen LogP contribution in [0.3, 0.4) is 0 Å². The molecular weight excluding hydrogens is 306 g/mol. The topological polar surface area (TPSA) is 75.9 Å². The molecule has 0 aliphatic carbocycles. The van der Waals surface area contributed by atoms with Crippen molar-refractivity contribution in [3.63, 3.8) is 0 Å². The van der Waals surface area contributed by atoms with Crippen LogP contribution in [0.5, 0.6) is 0 Å². The summed E-state index contributed by atoms with van der Waals surface area (Å²) in [5.74, 6) is 0.253. The zero-order chi connectivity index (χ0) is 15.2. The van der Waals surface area contributed by atoms with Crippen molar-refractivity contribution >= 4 is 29.1 Å². The van der Waals surface area contributed by atoms with Gasteiger partial charge in [0.05, 0.1) is 19.1 Å². The molecule has 0 spiro atoms. The maximum absolute atomic E-state index is 11.1. The molecule has 0 bridgehead atoms.